The van der Waals surface area contributed by atoms with E-state index < -0.39 is 0 Å². The first-order valence-corrected chi connectivity index (χ1v) is 8.87. The average molecular weight is 309 g/mol. The molecule has 1 amide bonds. The fourth-order valence-corrected chi connectivity index (χ4v) is 4.01. The second-order valence-electron chi connectivity index (χ2n) is 5.99. The minimum atomic E-state index is -0.0197. The summed E-state index contributed by atoms with van der Waals surface area (Å²) in [6, 6.07) is 1.00. The van der Waals surface area contributed by atoms with E-state index >= 15 is 0 Å². The van der Waals surface area contributed by atoms with Gasteiger partial charge in [-0.25, -0.2) is 4.98 Å². The Labute approximate surface area is 132 Å². The summed E-state index contributed by atoms with van der Waals surface area (Å²) in [6.07, 6.45) is 5.08. The molecule has 1 aliphatic heterocycles. The molecule has 1 fully saturated rings. The second kappa shape index (κ2) is 7.36. The Kier molecular flexibility index (Phi) is 5.76. The van der Waals surface area contributed by atoms with Crippen molar-refractivity contribution in [3.8, 4) is 0 Å². The van der Waals surface area contributed by atoms with Gasteiger partial charge in [-0.15, -0.1) is 11.3 Å². The fourth-order valence-electron chi connectivity index (χ4n) is 3.40. The maximum atomic E-state index is 12.8. The zero-order chi connectivity index (χ0) is 15.4. The van der Waals surface area contributed by atoms with Crippen molar-refractivity contribution >= 4 is 17.2 Å². The van der Waals surface area contributed by atoms with Crippen molar-refractivity contribution < 1.29 is 4.79 Å². The molecule has 1 aliphatic rings. The molecule has 2 heterocycles. The molecule has 3 atom stereocenters. The summed E-state index contributed by atoms with van der Waals surface area (Å²) in [7, 11) is 0. The molecule has 0 aromatic carbocycles. The molecule has 0 aliphatic carbocycles. The van der Waals surface area contributed by atoms with Gasteiger partial charge in [0.2, 0.25) is 5.91 Å². The quantitative estimate of drug-likeness (QED) is 0.811. The predicted octanol–water partition coefficient (Wildman–Crippen LogP) is 2.80. The van der Waals surface area contributed by atoms with Crippen LogP contribution in [-0.4, -0.2) is 51.9 Å². The SMILES string of the molecule is CCN(CCc1nccs1)C(=O)C(C)N1C(C)CCC1C. The van der Waals surface area contributed by atoms with Gasteiger partial charge in [0.05, 0.1) is 11.0 Å². The Morgan fingerprint density at radius 2 is 2.14 bits per heavy atom. The third-order valence-electron chi connectivity index (χ3n) is 4.60. The monoisotopic (exact) mass is 309 g/mol. The molecule has 0 spiro atoms. The van der Waals surface area contributed by atoms with E-state index in [-0.39, 0.29) is 11.9 Å². The van der Waals surface area contributed by atoms with E-state index in [9.17, 15) is 4.79 Å². The van der Waals surface area contributed by atoms with Crippen LogP contribution in [0, 0.1) is 0 Å². The number of nitrogens with zero attached hydrogens (tertiary/aromatic N) is 3. The first-order valence-electron chi connectivity index (χ1n) is 7.99. The van der Waals surface area contributed by atoms with E-state index in [1.54, 1.807) is 11.3 Å². The summed E-state index contributed by atoms with van der Waals surface area (Å²) >= 11 is 1.66. The minimum Gasteiger partial charge on any atom is -0.341 e. The third kappa shape index (κ3) is 3.83. The van der Waals surface area contributed by atoms with Gasteiger partial charge < -0.3 is 4.90 Å². The van der Waals surface area contributed by atoms with Gasteiger partial charge in [0.15, 0.2) is 0 Å². The molecule has 5 heteroatoms. The summed E-state index contributed by atoms with van der Waals surface area (Å²) in [4.78, 5) is 21.4. The standard InChI is InChI=1S/C16H27N3OS/c1-5-18(10-8-15-17-9-11-21-15)16(20)14(4)19-12(2)6-7-13(19)3/h9,11-14H,5-8,10H2,1-4H3. The van der Waals surface area contributed by atoms with Gasteiger partial charge >= 0.3 is 0 Å². The van der Waals surface area contributed by atoms with Crippen LogP contribution in [0.5, 0.6) is 0 Å². The molecule has 0 bridgehead atoms. The van der Waals surface area contributed by atoms with Crippen LogP contribution in [0.25, 0.3) is 0 Å². The van der Waals surface area contributed by atoms with E-state index in [4.69, 9.17) is 0 Å². The van der Waals surface area contributed by atoms with Crippen LogP contribution in [0.2, 0.25) is 0 Å². The maximum Gasteiger partial charge on any atom is 0.239 e. The van der Waals surface area contributed by atoms with Gasteiger partial charge in [0, 0.05) is 43.2 Å². The molecule has 1 aromatic rings. The normalized spacial score (nSPS) is 24.2. The number of aromatic nitrogens is 1. The number of likely N-dealkylation sites (tertiary alicyclic amines) is 1. The number of amides is 1. The van der Waals surface area contributed by atoms with E-state index in [0.717, 1.165) is 24.5 Å². The van der Waals surface area contributed by atoms with Crippen LogP contribution in [0.3, 0.4) is 0 Å². The summed E-state index contributed by atoms with van der Waals surface area (Å²) in [5.74, 6) is 0.259. The molecule has 3 unspecified atom stereocenters. The van der Waals surface area contributed by atoms with Gasteiger partial charge in [-0.1, -0.05) is 0 Å². The lowest BCUT2D eigenvalue weighted by Crippen LogP contribution is -2.50. The van der Waals surface area contributed by atoms with Crippen molar-refractivity contribution in [3.63, 3.8) is 0 Å². The van der Waals surface area contributed by atoms with Crippen molar-refractivity contribution in [2.45, 2.75) is 65.1 Å². The third-order valence-corrected chi connectivity index (χ3v) is 5.44. The van der Waals surface area contributed by atoms with E-state index in [0.29, 0.717) is 12.1 Å². The molecule has 0 radical (unpaired) electrons. The van der Waals surface area contributed by atoms with Crippen molar-refractivity contribution in [2.75, 3.05) is 13.1 Å². The van der Waals surface area contributed by atoms with Gasteiger partial charge in [0.25, 0.3) is 0 Å². The number of rotatable bonds is 6. The lowest BCUT2D eigenvalue weighted by Gasteiger charge is -2.35. The highest BCUT2D eigenvalue weighted by Crippen LogP contribution is 2.26. The molecule has 1 saturated heterocycles. The smallest absolute Gasteiger partial charge is 0.239 e. The molecule has 4 nitrogen and oxygen atoms in total. The molecule has 21 heavy (non-hydrogen) atoms. The highest BCUT2D eigenvalue weighted by atomic mass is 32.1. The molecular formula is C16H27N3OS. The topological polar surface area (TPSA) is 36.4 Å². The molecule has 0 saturated carbocycles. The number of likely N-dealkylation sites (N-methyl/N-ethyl adjacent to an activating group) is 1. The zero-order valence-corrected chi connectivity index (χ0v) is 14.4. The molecule has 118 valence electrons. The van der Waals surface area contributed by atoms with Crippen LogP contribution in [0.1, 0.15) is 45.5 Å². The molecule has 2 rings (SSSR count). The van der Waals surface area contributed by atoms with Crippen molar-refractivity contribution in [2.24, 2.45) is 0 Å². The van der Waals surface area contributed by atoms with Crippen molar-refractivity contribution in [3.05, 3.63) is 16.6 Å². The van der Waals surface area contributed by atoms with Gasteiger partial charge in [-0.2, -0.15) is 0 Å². The Morgan fingerprint density at radius 1 is 1.48 bits per heavy atom. The van der Waals surface area contributed by atoms with Crippen LogP contribution in [0.4, 0.5) is 0 Å². The number of hydrogen-bond donors (Lipinski definition) is 0. The molecule has 1 aromatic heterocycles. The Bertz CT molecular complexity index is 438. The van der Waals surface area contributed by atoms with E-state index in [1.165, 1.54) is 12.8 Å². The number of carbonyl (C=O) groups excluding carboxylic acids is 1. The van der Waals surface area contributed by atoms with Gasteiger partial charge in [-0.3, -0.25) is 9.69 Å². The number of thiazole rings is 1. The minimum absolute atomic E-state index is 0.0197. The van der Waals surface area contributed by atoms with Crippen molar-refractivity contribution in [1.82, 2.24) is 14.8 Å². The predicted molar refractivity (Wildman–Crippen MR) is 87.5 cm³/mol. The molecular weight excluding hydrogens is 282 g/mol. The summed E-state index contributed by atoms with van der Waals surface area (Å²) in [5, 5.41) is 3.10. The highest BCUT2D eigenvalue weighted by Gasteiger charge is 2.35. The van der Waals surface area contributed by atoms with E-state index in [1.807, 2.05) is 16.5 Å². The highest BCUT2D eigenvalue weighted by molar-refractivity contribution is 7.09. The Morgan fingerprint density at radius 3 is 2.67 bits per heavy atom. The lowest BCUT2D eigenvalue weighted by molar-refractivity contribution is -0.137. The van der Waals surface area contributed by atoms with Crippen LogP contribution >= 0.6 is 11.3 Å². The number of hydrogen-bond acceptors (Lipinski definition) is 4. The summed E-state index contributed by atoms with van der Waals surface area (Å²) < 4.78 is 0. The van der Waals surface area contributed by atoms with Gasteiger partial charge in [-0.05, 0) is 40.5 Å². The Hall–Kier alpha value is -0.940. The summed E-state index contributed by atoms with van der Waals surface area (Å²) in [5.41, 5.74) is 0. The lowest BCUT2D eigenvalue weighted by atomic mass is 10.2. The van der Waals surface area contributed by atoms with E-state index in [2.05, 4.69) is 37.6 Å². The fraction of sp³-hybridized carbons (Fsp3) is 0.750. The number of carbonyl (C=O) groups is 1. The van der Waals surface area contributed by atoms with Crippen molar-refractivity contribution in [1.29, 1.82) is 0 Å². The first-order chi connectivity index (χ1) is 10.0. The Balaban J connectivity index is 1.95. The molecule has 0 N–H and O–H groups in total. The summed E-state index contributed by atoms with van der Waals surface area (Å²) in [6.45, 7) is 10.1. The van der Waals surface area contributed by atoms with Crippen LogP contribution in [-0.2, 0) is 11.2 Å². The van der Waals surface area contributed by atoms with Crippen LogP contribution < -0.4 is 0 Å². The maximum absolute atomic E-state index is 12.8. The second-order valence-corrected chi connectivity index (χ2v) is 6.97. The average Bonchev–Trinajstić information content (AvgIpc) is 3.09. The van der Waals surface area contributed by atoms with Crippen LogP contribution in [0.15, 0.2) is 11.6 Å². The zero-order valence-electron chi connectivity index (χ0n) is 13.6. The van der Waals surface area contributed by atoms with Gasteiger partial charge in [0.1, 0.15) is 0 Å². The largest absolute Gasteiger partial charge is 0.341 e. The first kappa shape index (κ1) is 16.4.